The molecule has 31 heavy (non-hydrogen) atoms. The molecule has 2 saturated heterocycles. The Balaban J connectivity index is 1.58. The molecular weight excluding hydrogens is 392 g/mol. The molecule has 0 radical (unpaired) electrons. The van der Waals surface area contributed by atoms with Gasteiger partial charge in [0.25, 0.3) is 5.91 Å². The van der Waals surface area contributed by atoms with Gasteiger partial charge < -0.3 is 4.74 Å². The highest BCUT2D eigenvalue weighted by molar-refractivity contribution is 6.24. The lowest BCUT2D eigenvalue weighted by Gasteiger charge is -2.29. The smallest absolute Gasteiger partial charge is 0.266 e. The molecule has 156 valence electrons. The number of rotatable bonds is 5. The van der Waals surface area contributed by atoms with E-state index in [4.69, 9.17) is 9.57 Å². The van der Waals surface area contributed by atoms with Gasteiger partial charge in [0.2, 0.25) is 5.91 Å². The number of carbonyl (C=O) groups excluding carboxylic acids is 2. The van der Waals surface area contributed by atoms with E-state index >= 15 is 0 Å². The van der Waals surface area contributed by atoms with Crippen molar-refractivity contribution in [3.63, 3.8) is 0 Å². The summed E-state index contributed by atoms with van der Waals surface area (Å²) in [6, 6.07) is 25.9. The molecule has 3 aromatic rings. The molecule has 0 unspecified atom stereocenters. The summed E-state index contributed by atoms with van der Waals surface area (Å²) in [6.45, 7) is 2.30. The monoisotopic (exact) mass is 414 g/mol. The fraction of sp³-hybridized carbons (Fsp3) is 0.200. The van der Waals surface area contributed by atoms with Crippen LogP contribution < -0.4 is 14.7 Å². The van der Waals surface area contributed by atoms with E-state index in [9.17, 15) is 9.59 Å². The summed E-state index contributed by atoms with van der Waals surface area (Å²) in [5.41, 5.74) is 2.17. The van der Waals surface area contributed by atoms with Crippen LogP contribution in [0.4, 0.5) is 11.4 Å². The highest BCUT2D eigenvalue weighted by atomic mass is 16.7. The van der Waals surface area contributed by atoms with E-state index < -0.39 is 18.1 Å². The first kappa shape index (κ1) is 19.3. The minimum absolute atomic E-state index is 0.283. The summed E-state index contributed by atoms with van der Waals surface area (Å²) in [4.78, 5) is 34.4. The van der Waals surface area contributed by atoms with E-state index in [1.807, 2.05) is 73.7 Å². The van der Waals surface area contributed by atoms with E-state index in [2.05, 4.69) is 0 Å². The minimum atomic E-state index is -0.896. The van der Waals surface area contributed by atoms with Crippen LogP contribution in [-0.4, -0.2) is 24.5 Å². The molecular formula is C25H22N2O4. The van der Waals surface area contributed by atoms with Gasteiger partial charge in [0.15, 0.2) is 6.10 Å². The van der Waals surface area contributed by atoms with Crippen LogP contribution in [0.15, 0.2) is 84.9 Å². The molecule has 2 heterocycles. The molecule has 2 aliphatic heterocycles. The topological polar surface area (TPSA) is 59.1 Å². The summed E-state index contributed by atoms with van der Waals surface area (Å²) in [6.07, 6.45) is -0.896. The fourth-order valence-electron chi connectivity index (χ4n) is 4.36. The second kappa shape index (κ2) is 7.89. The third-order valence-electron chi connectivity index (χ3n) is 5.67. The van der Waals surface area contributed by atoms with Gasteiger partial charge in [-0.1, -0.05) is 60.7 Å². The lowest BCUT2D eigenvalue weighted by Crippen LogP contribution is -2.37. The van der Waals surface area contributed by atoms with Crippen molar-refractivity contribution in [3.8, 4) is 5.75 Å². The van der Waals surface area contributed by atoms with Gasteiger partial charge in [-0.2, -0.15) is 0 Å². The van der Waals surface area contributed by atoms with E-state index in [1.54, 1.807) is 23.3 Å². The van der Waals surface area contributed by atoms with Gasteiger partial charge in [0.05, 0.1) is 24.0 Å². The summed E-state index contributed by atoms with van der Waals surface area (Å²) in [7, 11) is 0. The van der Waals surface area contributed by atoms with Crippen molar-refractivity contribution in [2.45, 2.75) is 19.1 Å². The third kappa shape index (κ3) is 3.16. The summed E-state index contributed by atoms with van der Waals surface area (Å²) < 4.78 is 5.67. The summed E-state index contributed by atoms with van der Waals surface area (Å²) >= 11 is 0. The zero-order valence-electron chi connectivity index (χ0n) is 17.0. The molecule has 6 heteroatoms. The molecule has 2 aliphatic rings. The predicted octanol–water partition coefficient (Wildman–Crippen LogP) is 4.14. The van der Waals surface area contributed by atoms with Crippen LogP contribution in [0.1, 0.15) is 18.5 Å². The summed E-state index contributed by atoms with van der Waals surface area (Å²) in [5, 5.41) is 1.70. The van der Waals surface area contributed by atoms with Gasteiger partial charge in [-0.15, -0.1) is 0 Å². The molecule has 0 bridgehead atoms. The number of hydrogen-bond acceptors (Lipinski definition) is 5. The second-order valence-electron chi connectivity index (χ2n) is 7.48. The number of benzene rings is 3. The number of amides is 2. The highest BCUT2D eigenvalue weighted by Crippen LogP contribution is 2.48. The predicted molar refractivity (Wildman–Crippen MR) is 117 cm³/mol. The van der Waals surface area contributed by atoms with Crippen molar-refractivity contribution in [3.05, 3.63) is 90.5 Å². The normalized spacial score (nSPS) is 22.7. The lowest BCUT2D eigenvalue weighted by atomic mass is 9.90. The molecule has 0 aliphatic carbocycles. The molecule has 0 N–H and O–H groups in total. The van der Waals surface area contributed by atoms with E-state index in [-0.39, 0.29) is 11.8 Å². The average Bonchev–Trinajstić information content (AvgIpc) is 3.32. The van der Waals surface area contributed by atoms with Crippen LogP contribution >= 0.6 is 0 Å². The molecule has 2 fully saturated rings. The van der Waals surface area contributed by atoms with Crippen molar-refractivity contribution in [1.29, 1.82) is 0 Å². The number of hydroxylamine groups is 1. The number of imide groups is 1. The standard InChI is InChI=1S/C25H22N2O4/c1-2-30-20-16-10-9-15-19(20)26-24(28)21-22(17-11-5-3-6-12-17)27(31-23(21)25(26)29)18-13-7-4-8-14-18/h3-16,21-23H,2H2,1H3/t21-,22-,23-/m1/s1. The maximum absolute atomic E-state index is 13.7. The van der Waals surface area contributed by atoms with Crippen molar-refractivity contribution in [2.75, 3.05) is 16.6 Å². The van der Waals surface area contributed by atoms with Gasteiger partial charge in [-0.25, -0.2) is 9.96 Å². The van der Waals surface area contributed by atoms with Gasteiger partial charge in [0.1, 0.15) is 11.7 Å². The number of carbonyl (C=O) groups is 2. The SMILES string of the molecule is CCOc1ccccc1N1C(=O)[C@@H]2[C@@H](c3ccccc3)N(c3ccccc3)O[C@H]2C1=O. The maximum atomic E-state index is 13.7. The number of hydrogen-bond donors (Lipinski definition) is 0. The van der Waals surface area contributed by atoms with Gasteiger partial charge in [-0.3, -0.25) is 14.4 Å². The Morgan fingerprint density at radius 2 is 1.48 bits per heavy atom. The Bertz CT molecular complexity index is 1100. The van der Waals surface area contributed by atoms with Gasteiger partial charge >= 0.3 is 0 Å². The van der Waals surface area contributed by atoms with Crippen molar-refractivity contribution >= 4 is 23.2 Å². The Labute approximate surface area is 180 Å². The largest absolute Gasteiger partial charge is 0.492 e. The van der Waals surface area contributed by atoms with Gasteiger partial charge in [-0.05, 0) is 36.8 Å². The second-order valence-corrected chi connectivity index (χ2v) is 7.48. The molecule has 3 aromatic carbocycles. The minimum Gasteiger partial charge on any atom is -0.492 e. The van der Waals surface area contributed by atoms with Crippen LogP contribution in [0.2, 0.25) is 0 Å². The number of anilines is 2. The van der Waals surface area contributed by atoms with Crippen LogP contribution in [0.25, 0.3) is 0 Å². The van der Waals surface area contributed by atoms with Crippen LogP contribution in [0.5, 0.6) is 5.75 Å². The zero-order chi connectivity index (χ0) is 21.4. The number of para-hydroxylation sites is 3. The molecule has 0 spiro atoms. The summed E-state index contributed by atoms with van der Waals surface area (Å²) in [5.74, 6) is -0.816. The average molecular weight is 414 g/mol. The molecule has 6 nitrogen and oxygen atoms in total. The number of nitrogens with zero attached hydrogens (tertiary/aromatic N) is 2. The Morgan fingerprint density at radius 3 is 2.19 bits per heavy atom. The lowest BCUT2D eigenvalue weighted by molar-refractivity contribution is -0.126. The van der Waals surface area contributed by atoms with Crippen LogP contribution in [-0.2, 0) is 14.4 Å². The van der Waals surface area contributed by atoms with E-state index in [0.717, 1.165) is 11.3 Å². The zero-order valence-corrected chi connectivity index (χ0v) is 17.0. The molecule has 2 amide bonds. The first-order valence-electron chi connectivity index (χ1n) is 10.4. The van der Waals surface area contributed by atoms with Crippen LogP contribution in [0, 0.1) is 5.92 Å². The molecule has 5 rings (SSSR count). The van der Waals surface area contributed by atoms with Gasteiger partial charge in [0, 0.05) is 0 Å². The van der Waals surface area contributed by atoms with E-state index in [0.29, 0.717) is 18.0 Å². The highest BCUT2D eigenvalue weighted by Gasteiger charge is 2.60. The van der Waals surface area contributed by atoms with Crippen molar-refractivity contribution in [1.82, 2.24) is 0 Å². The Kier molecular flexibility index (Phi) is 4.92. The Morgan fingerprint density at radius 1 is 0.839 bits per heavy atom. The number of fused-ring (bicyclic) bond motifs is 1. The molecule has 0 aromatic heterocycles. The Hall–Kier alpha value is -3.64. The first-order valence-corrected chi connectivity index (χ1v) is 10.4. The molecule has 3 atom stereocenters. The van der Waals surface area contributed by atoms with Crippen molar-refractivity contribution < 1.29 is 19.2 Å². The third-order valence-corrected chi connectivity index (χ3v) is 5.67. The maximum Gasteiger partial charge on any atom is 0.266 e. The first-order chi connectivity index (χ1) is 15.2. The van der Waals surface area contributed by atoms with E-state index in [1.165, 1.54) is 4.90 Å². The van der Waals surface area contributed by atoms with Crippen molar-refractivity contribution in [2.24, 2.45) is 5.92 Å². The quantitative estimate of drug-likeness (QED) is 0.588. The molecule has 0 saturated carbocycles. The fourth-order valence-corrected chi connectivity index (χ4v) is 4.36. The van der Waals surface area contributed by atoms with Crippen LogP contribution in [0.3, 0.4) is 0 Å². The number of ether oxygens (including phenoxy) is 1.